The third-order valence-electron chi connectivity index (χ3n) is 3.70. The Hall–Kier alpha value is -2.25. The summed E-state index contributed by atoms with van der Waals surface area (Å²) in [6, 6.07) is 5.11. The number of carbonyl (C=O) groups is 2. The number of benzene rings is 1. The summed E-state index contributed by atoms with van der Waals surface area (Å²) in [6.45, 7) is 2.01. The maximum Gasteiger partial charge on any atom is 0.416 e. The SMILES string of the molecule is CCOC(=O)NCCC(=O)N[C@H]1C[C@H]1c1ccccc1C(F)(F)F. The molecule has 8 heteroatoms. The largest absolute Gasteiger partial charge is 0.450 e. The molecule has 2 amide bonds. The van der Waals surface area contributed by atoms with E-state index in [9.17, 15) is 22.8 Å². The van der Waals surface area contributed by atoms with Crippen LogP contribution in [-0.4, -0.2) is 31.2 Å². The highest BCUT2D eigenvalue weighted by atomic mass is 19.4. The van der Waals surface area contributed by atoms with E-state index in [-0.39, 0.29) is 43.0 Å². The molecule has 0 bridgehead atoms. The van der Waals surface area contributed by atoms with Crippen molar-refractivity contribution in [3.63, 3.8) is 0 Å². The smallest absolute Gasteiger partial charge is 0.416 e. The van der Waals surface area contributed by atoms with E-state index in [0.717, 1.165) is 6.07 Å². The van der Waals surface area contributed by atoms with Gasteiger partial charge in [0.05, 0.1) is 12.2 Å². The van der Waals surface area contributed by atoms with Crippen molar-refractivity contribution in [2.24, 2.45) is 0 Å². The second kappa shape index (κ2) is 7.55. The average Bonchev–Trinajstić information content (AvgIpc) is 3.25. The van der Waals surface area contributed by atoms with Crippen LogP contribution in [0, 0.1) is 0 Å². The van der Waals surface area contributed by atoms with Gasteiger partial charge in [-0.3, -0.25) is 4.79 Å². The van der Waals surface area contributed by atoms with E-state index in [1.165, 1.54) is 12.1 Å². The minimum Gasteiger partial charge on any atom is -0.450 e. The first-order chi connectivity index (χ1) is 11.3. The fraction of sp³-hybridized carbons (Fsp3) is 0.500. The van der Waals surface area contributed by atoms with E-state index in [2.05, 4.69) is 15.4 Å². The van der Waals surface area contributed by atoms with Gasteiger partial charge in [-0.05, 0) is 25.0 Å². The molecule has 2 N–H and O–H groups in total. The van der Waals surface area contributed by atoms with Gasteiger partial charge in [-0.1, -0.05) is 18.2 Å². The molecule has 0 spiro atoms. The molecule has 1 saturated carbocycles. The van der Waals surface area contributed by atoms with Gasteiger partial charge in [0.1, 0.15) is 0 Å². The van der Waals surface area contributed by atoms with E-state index in [4.69, 9.17) is 0 Å². The highest BCUT2D eigenvalue weighted by Crippen LogP contribution is 2.46. The fourth-order valence-electron chi connectivity index (χ4n) is 2.52. The van der Waals surface area contributed by atoms with Gasteiger partial charge in [0, 0.05) is 24.9 Å². The van der Waals surface area contributed by atoms with Gasteiger partial charge >= 0.3 is 12.3 Å². The van der Waals surface area contributed by atoms with Gasteiger partial charge in [0.15, 0.2) is 0 Å². The first kappa shape index (κ1) is 18.1. The molecule has 1 aliphatic rings. The van der Waals surface area contributed by atoms with Crippen molar-refractivity contribution in [1.82, 2.24) is 10.6 Å². The van der Waals surface area contributed by atoms with E-state index < -0.39 is 17.8 Å². The monoisotopic (exact) mass is 344 g/mol. The van der Waals surface area contributed by atoms with Gasteiger partial charge in [0.2, 0.25) is 5.91 Å². The summed E-state index contributed by atoms with van der Waals surface area (Å²) in [5.74, 6) is -0.645. The first-order valence-electron chi connectivity index (χ1n) is 7.69. The Morgan fingerprint density at radius 3 is 2.67 bits per heavy atom. The van der Waals surface area contributed by atoms with Gasteiger partial charge in [-0.2, -0.15) is 13.2 Å². The summed E-state index contributed by atoms with van der Waals surface area (Å²) >= 11 is 0. The quantitative estimate of drug-likeness (QED) is 0.834. The van der Waals surface area contributed by atoms with Gasteiger partial charge in [0.25, 0.3) is 0 Å². The van der Waals surface area contributed by atoms with Crippen molar-refractivity contribution in [3.05, 3.63) is 35.4 Å². The number of alkyl halides is 3. The Kier molecular flexibility index (Phi) is 5.69. The van der Waals surface area contributed by atoms with Crippen molar-refractivity contribution < 1.29 is 27.5 Å². The molecule has 0 saturated heterocycles. The minimum absolute atomic E-state index is 0.0446. The lowest BCUT2D eigenvalue weighted by molar-refractivity contribution is -0.138. The minimum atomic E-state index is -4.41. The van der Waals surface area contributed by atoms with E-state index >= 15 is 0 Å². The lowest BCUT2D eigenvalue weighted by Gasteiger charge is -2.12. The molecular formula is C16H19F3N2O3. The van der Waals surface area contributed by atoms with Gasteiger partial charge < -0.3 is 15.4 Å². The van der Waals surface area contributed by atoms with Gasteiger partial charge in [-0.25, -0.2) is 4.79 Å². The second-order valence-corrected chi connectivity index (χ2v) is 5.50. The predicted octanol–water partition coefficient (Wildman–Crippen LogP) is 2.81. The molecule has 2 rings (SSSR count). The van der Waals surface area contributed by atoms with Crippen LogP contribution in [0.25, 0.3) is 0 Å². The fourth-order valence-corrected chi connectivity index (χ4v) is 2.52. The van der Waals surface area contributed by atoms with Crippen LogP contribution in [0.4, 0.5) is 18.0 Å². The number of nitrogens with one attached hydrogen (secondary N) is 2. The first-order valence-corrected chi connectivity index (χ1v) is 7.69. The molecule has 0 aliphatic heterocycles. The lowest BCUT2D eigenvalue weighted by Crippen LogP contribution is -2.32. The molecule has 0 unspecified atom stereocenters. The predicted molar refractivity (Wildman–Crippen MR) is 80.4 cm³/mol. The van der Waals surface area contributed by atoms with Crippen LogP contribution in [0.15, 0.2) is 24.3 Å². The number of carbonyl (C=O) groups excluding carboxylic acids is 2. The van der Waals surface area contributed by atoms with Crippen LogP contribution in [0.3, 0.4) is 0 Å². The van der Waals surface area contributed by atoms with Crippen LogP contribution in [0.5, 0.6) is 0 Å². The molecule has 132 valence electrons. The average molecular weight is 344 g/mol. The summed E-state index contributed by atoms with van der Waals surface area (Å²) in [5, 5.41) is 5.10. The van der Waals surface area contributed by atoms with E-state index in [1.807, 2.05) is 0 Å². The molecule has 0 heterocycles. The molecule has 1 aromatic carbocycles. The number of amides is 2. The Morgan fingerprint density at radius 1 is 1.29 bits per heavy atom. The molecule has 24 heavy (non-hydrogen) atoms. The summed E-state index contributed by atoms with van der Waals surface area (Å²) in [4.78, 5) is 22.8. The van der Waals surface area contributed by atoms with Crippen molar-refractivity contribution in [3.8, 4) is 0 Å². The zero-order valence-corrected chi connectivity index (χ0v) is 13.2. The molecule has 1 fully saturated rings. The number of ether oxygens (including phenoxy) is 1. The number of alkyl carbamates (subject to hydrolysis) is 1. The summed E-state index contributed by atoms with van der Waals surface area (Å²) in [6.07, 6.45) is -4.49. The number of rotatable bonds is 6. The Balaban J connectivity index is 1.82. The summed E-state index contributed by atoms with van der Waals surface area (Å²) < 4.78 is 43.6. The molecule has 0 aromatic heterocycles. The van der Waals surface area contributed by atoms with E-state index in [0.29, 0.717) is 6.42 Å². The molecule has 1 aliphatic carbocycles. The Labute approximate surface area is 137 Å². The topological polar surface area (TPSA) is 67.4 Å². The molecule has 1 aromatic rings. The van der Waals surface area contributed by atoms with Crippen LogP contribution >= 0.6 is 0 Å². The van der Waals surface area contributed by atoms with Gasteiger partial charge in [-0.15, -0.1) is 0 Å². The standard InChI is InChI=1S/C16H19F3N2O3/c1-2-24-15(23)20-8-7-14(22)21-13-9-11(13)10-5-3-4-6-12(10)16(17,18)19/h3-6,11,13H,2,7-9H2,1H3,(H,20,23)(H,21,22)/t11-,13-/m0/s1. The van der Waals surface area contributed by atoms with Crippen molar-refractivity contribution in [2.45, 2.75) is 37.9 Å². The molecule has 5 nitrogen and oxygen atoms in total. The van der Waals surface area contributed by atoms with Crippen LogP contribution in [0.2, 0.25) is 0 Å². The number of halogens is 3. The Bertz CT molecular complexity index is 604. The normalized spacial score (nSPS) is 19.5. The number of hydrogen-bond donors (Lipinski definition) is 2. The molecular weight excluding hydrogens is 325 g/mol. The molecule has 2 atom stereocenters. The van der Waals surface area contributed by atoms with Crippen molar-refractivity contribution >= 4 is 12.0 Å². The third-order valence-corrected chi connectivity index (χ3v) is 3.70. The van der Waals surface area contributed by atoms with E-state index in [1.54, 1.807) is 13.0 Å². The van der Waals surface area contributed by atoms with Crippen molar-refractivity contribution in [2.75, 3.05) is 13.2 Å². The second-order valence-electron chi connectivity index (χ2n) is 5.50. The summed E-state index contributed by atoms with van der Waals surface area (Å²) in [7, 11) is 0. The molecule has 0 radical (unpaired) electrons. The summed E-state index contributed by atoms with van der Waals surface area (Å²) in [5.41, 5.74) is -0.448. The highest BCUT2D eigenvalue weighted by molar-refractivity contribution is 5.78. The van der Waals surface area contributed by atoms with Crippen LogP contribution in [-0.2, 0) is 15.7 Å². The third kappa shape index (κ3) is 4.87. The maximum atomic E-state index is 13.0. The number of hydrogen-bond acceptors (Lipinski definition) is 3. The zero-order valence-electron chi connectivity index (χ0n) is 13.2. The highest BCUT2D eigenvalue weighted by Gasteiger charge is 2.44. The zero-order chi connectivity index (χ0) is 17.7. The Morgan fingerprint density at radius 2 is 2.00 bits per heavy atom. The maximum absolute atomic E-state index is 13.0. The van der Waals surface area contributed by atoms with Crippen LogP contribution in [0.1, 0.15) is 36.8 Å². The lowest BCUT2D eigenvalue weighted by atomic mass is 10.0. The van der Waals surface area contributed by atoms with Crippen LogP contribution < -0.4 is 10.6 Å². The van der Waals surface area contributed by atoms with Crippen molar-refractivity contribution in [1.29, 1.82) is 0 Å².